The van der Waals surface area contributed by atoms with Crippen LogP contribution in [-0.2, 0) is 22.4 Å². The Balaban J connectivity index is 0.806. The molecule has 0 radical (unpaired) electrons. The molecule has 4 fully saturated rings. The molecule has 2 aromatic carbocycles. The number of rotatable bonds is 24. The van der Waals surface area contributed by atoms with Crippen molar-refractivity contribution in [2.24, 2.45) is 17.8 Å². The second-order valence-electron chi connectivity index (χ2n) is 21.2. The Morgan fingerprint density at radius 1 is 0.597 bits per heavy atom. The van der Waals surface area contributed by atoms with Crippen LogP contribution in [0.3, 0.4) is 0 Å². The molecule has 2 N–H and O–H groups in total. The van der Waals surface area contributed by atoms with Gasteiger partial charge >= 0.3 is 0 Å². The van der Waals surface area contributed by atoms with Crippen LogP contribution in [0.15, 0.2) is 72.9 Å². The van der Waals surface area contributed by atoms with Crippen molar-refractivity contribution in [2.75, 3.05) is 65.7 Å². The summed E-state index contributed by atoms with van der Waals surface area (Å²) in [5, 5.41) is 6.51. The summed E-state index contributed by atoms with van der Waals surface area (Å²) in [5.74, 6) is 4.70. The molecule has 2 saturated carbocycles. The van der Waals surface area contributed by atoms with Gasteiger partial charge in [0.1, 0.15) is 30.5 Å². The predicted molar refractivity (Wildman–Crippen MR) is 287 cm³/mol. The third-order valence-electron chi connectivity index (χ3n) is 15.8. The molecule has 0 spiro atoms. The number of nitrogens with one attached hydrogen (secondary N) is 2. The molecule has 2 aliphatic heterocycles. The molecule has 1 unspecified atom stereocenters. The fourth-order valence-corrected chi connectivity index (χ4v) is 11.6. The second-order valence-corrected chi connectivity index (χ2v) is 21.2. The molecule has 12 nitrogen and oxygen atoms in total. The zero-order chi connectivity index (χ0) is 49.9. The van der Waals surface area contributed by atoms with Crippen molar-refractivity contribution in [3.63, 3.8) is 0 Å². The molecule has 4 aliphatic rings. The van der Waals surface area contributed by atoms with Crippen molar-refractivity contribution in [3.05, 3.63) is 84.3 Å². The SMILES string of the molecule is CCOc1ccc(-c2ccc(CC(=O)N[C@H](C)C3CCCCC3)nc2)c(OCCN2CCCC(CCOc3ccc(-c4ccc(CC(=O)N[C@H](C)C5CCCCC5)nc4OCCN4CCCCC4)cc3)C2)c1. The number of amides is 2. The number of hydrogen-bond donors (Lipinski definition) is 2. The summed E-state index contributed by atoms with van der Waals surface area (Å²) < 4.78 is 25.2. The number of carbonyl (C=O) groups excluding carboxylic acids is 2. The molecule has 4 aromatic rings. The van der Waals surface area contributed by atoms with E-state index in [2.05, 4.69) is 52.5 Å². The Morgan fingerprint density at radius 3 is 1.88 bits per heavy atom. The lowest BCUT2D eigenvalue weighted by molar-refractivity contribution is -0.122. The van der Waals surface area contributed by atoms with Crippen molar-refractivity contribution in [1.29, 1.82) is 0 Å². The highest BCUT2D eigenvalue weighted by atomic mass is 16.5. The van der Waals surface area contributed by atoms with E-state index in [-0.39, 0.29) is 36.7 Å². The molecule has 12 heteroatoms. The standard InChI is InChI=1S/C60H84N6O6/c1-4-69-54-27-29-55(50-20-23-51(61-42-50)39-58(67)62-44(2)47-16-8-5-9-17-47)57(41-54)71-37-35-66-33-14-15-46(43-66)30-36-70-53-25-21-49(22-26-53)56-28-24-52(40-59(68)63-45(3)48-18-10-6-11-19-48)64-60(56)72-38-34-65-31-12-7-13-32-65/h20-29,41-42,44-48H,4-19,30-40,43H2,1-3H3,(H,62,67)(H,63,68)/t44-,45-,46?/m1/s1. The van der Waals surface area contributed by atoms with Crippen LogP contribution < -0.4 is 29.6 Å². The van der Waals surface area contributed by atoms with Crippen molar-refractivity contribution in [3.8, 4) is 45.4 Å². The van der Waals surface area contributed by atoms with Crippen molar-refractivity contribution in [2.45, 2.75) is 148 Å². The van der Waals surface area contributed by atoms with Gasteiger partial charge in [0.05, 0.1) is 31.7 Å². The predicted octanol–water partition coefficient (Wildman–Crippen LogP) is 10.9. The normalized spacial score (nSPS) is 19.2. The number of hydrogen-bond acceptors (Lipinski definition) is 10. The Morgan fingerprint density at radius 2 is 1.19 bits per heavy atom. The highest BCUT2D eigenvalue weighted by molar-refractivity contribution is 5.79. The van der Waals surface area contributed by atoms with Crippen LogP contribution in [-0.4, -0.2) is 109 Å². The van der Waals surface area contributed by atoms with Crippen LogP contribution in [0, 0.1) is 17.8 Å². The number of carbonyl (C=O) groups is 2. The lowest BCUT2D eigenvalue weighted by Gasteiger charge is -2.32. The van der Waals surface area contributed by atoms with Gasteiger partial charge in [-0.2, -0.15) is 0 Å². The van der Waals surface area contributed by atoms with Crippen molar-refractivity contribution in [1.82, 2.24) is 30.4 Å². The van der Waals surface area contributed by atoms with E-state index in [4.69, 9.17) is 28.9 Å². The number of nitrogens with zero attached hydrogens (tertiary/aromatic N) is 4. The summed E-state index contributed by atoms with van der Waals surface area (Å²) >= 11 is 0. The average Bonchev–Trinajstić information content (AvgIpc) is 3.40. The van der Waals surface area contributed by atoms with Gasteiger partial charge in [-0.15, -0.1) is 0 Å². The Kier molecular flexibility index (Phi) is 20.5. The number of pyridine rings is 2. The first-order valence-electron chi connectivity index (χ1n) is 28.0. The molecular weight excluding hydrogens is 901 g/mol. The van der Waals surface area contributed by atoms with E-state index >= 15 is 0 Å². The summed E-state index contributed by atoms with van der Waals surface area (Å²) in [4.78, 5) is 40.8. The van der Waals surface area contributed by atoms with E-state index in [0.29, 0.717) is 50.1 Å². The van der Waals surface area contributed by atoms with Gasteiger partial charge in [0.25, 0.3) is 0 Å². The minimum atomic E-state index is 0.0215. The third kappa shape index (κ3) is 16.1. The molecular formula is C60H84N6O6. The largest absolute Gasteiger partial charge is 0.494 e. The highest BCUT2D eigenvalue weighted by Gasteiger charge is 2.25. The molecule has 2 aromatic heterocycles. The first-order chi connectivity index (χ1) is 35.3. The molecule has 390 valence electrons. The smallest absolute Gasteiger partial charge is 0.226 e. The number of likely N-dealkylation sites (tertiary alicyclic amines) is 2. The molecule has 2 amide bonds. The number of aromatic nitrogens is 2. The van der Waals surface area contributed by atoms with E-state index in [9.17, 15) is 9.59 Å². The minimum Gasteiger partial charge on any atom is -0.494 e. The Labute approximate surface area is 430 Å². The monoisotopic (exact) mass is 985 g/mol. The van der Waals surface area contributed by atoms with Gasteiger partial charge in [0, 0.05) is 66.4 Å². The highest BCUT2D eigenvalue weighted by Crippen LogP contribution is 2.35. The summed E-state index contributed by atoms with van der Waals surface area (Å²) in [6, 6.07) is 22.7. The summed E-state index contributed by atoms with van der Waals surface area (Å²) in [6.45, 7) is 14.6. The van der Waals surface area contributed by atoms with E-state index in [1.165, 1.54) is 89.9 Å². The zero-order valence-electron chi connectivity index (χ0n) is 43.9. The topological polar surface area (TPSA) is 127 Å². The van der Waals surface area contributed by atoms with Crippen LogP contribution in [0.5, 0.6) is 23.1 Å². The van der Waals surface area contributed by atoms with E-state index in [1.54, 1.807) is 0 Å². The van der Waals surface area contributed by atoms with Gasteiger partial charge in [0.15, 0.2) is 0 Å². The maximum Gasteiger partial charge on any atom is 0.226 e. The van der Waals surface area contributed by atoms with Crippen molar-refractivity contribution >= 4 is 11.8 Å². The Bertz CT molecular complexity index is 2270. The average molecular weight is 985 g/mol. The molecule has 8 rings (SSSR count). The molecule has 72 heavy (non-hydrogen) atoms. The lowest BCUT2D eigenvalue weighted by Crippen LogP contribution is -2.39. The van der Waals surface area contributed by atoms with Crippen LogP contribution in [0.25, 0.3) is 22.3 Å². The van der Waals surface area contributed by atoms with Gasteiger partial charge in [-0.3, -0.25) is 24.4 Å². The zero-order valence-corrected chi connectivity index (χ0v) is 43.9. The third-order valence-corrected chi connectivity index (χ3v) is 15.8. The van der Waals surface area contributed by atoms with Gasteiger partial charge in [0.2, 0.25) is 17.7 Å². The second kappa shape index (κ2) is 27.7. The number of benzene rings is 2. The van der Waals surface area contributed by atoms with Crippen LogP contribution in [0.4, 0.5) is 0 Å². The summed E-state index contributed by atoms with van der Waals surface area (Å²) in [5.41, 5.74) is 5.32. The van der Waals surface area contributed by atoms with E-state index < -0.39 is 0 Å². The lowest BCUT2D eigenvalue weighted by atomic mass is 9.84. The molecule has 2 aliphatic carbocycles. The fraction of sp³-hybridized carbons (Fsp3) is 0.600. The number of ether oxygens (including phenoxy) is 4. The maximum atomic E-state index is 13.2. The van der Waals surface area contributed by atoms with Gasteiger partial charge in [-0.1, -0.05) is 63.1 Å². The number of piperidine rings is 2. The quantitative estimate of drug-likeness (QED) is 0.0700. The van der Waals surface area contributed by atoms with Crippen LogP contribution in [0.1, 0.15) is 135 Å². The van der Waals surface area contributed by atoms with Gasteiger partial charge in [-0.05, 0) is 164 Å². The first kappa shape index (κ1) is 53.1. The summed E-state index contributed by atoms with van der Waals surface area (Å²) in [7, 11) is 0. The molecule has 3 atom stereocenters. The van der Waals surface area contributed by atoms with Crippen LogP contribution >= 0.6 is 0 Å². The van der Waals surface area contributed by atoms with Crippen molar-refractivity contribution < 1.29 is 28.5 Å². The van der Waals surface area contributed by atoms with Gasteiger partial charge < -0.3 is 29.6 Å². The van der Waals surface area contributed by atoms with Gasteiger partial charge in [-0.25, -0.2) is 4.98 Å². The minimum absolute atomic E-state index is 0.0215. The molecule has 4 heterocycles. The Hall–Kier alpha value is -5.20. The first-order valence-corrected chi connectivity index (χ1v) is 28.0. The fourth-order valence-electron chi connectivity index (χ4n) is 11.6. The van der Waals surface area contributed by atoms with E-state index in [0.717, 1.165) is 103 Å². The molecule has 2 saturated heterocycles. The van der Waals surface area contributed by atoms with E-state index in [1.807, 2.05) is 61.7 Å². The molecule has 0 bridgehead atoms. The summed E-state index contributed by atoms with van der Waals surface area (Å²) in [6.07, 6.45) is 21.9. The van der Waals surface area contributed by atoms with Crippen LogP contribution in [0.2, 0.25) is 0 Å². The maximum absolute atomic E-state index is 13.2.